The molecule has 0 bridgehead atoms. The van der Waals surface area contributed by atoms with Crippen LogP contribution in [0.25, 0.3) is 0 Å². The molecule has 0 spiro atoms. The van der Waals surface area contributed by atoms with E-state index in [2.05, 4.69) is 0 Å². The fraction of sp³-hybridized carbons (Fsp3) is 0.300. The molecule has 0 aromatic heterocycles. The van der Waals surface area contributed by atoms with E-state index in [0.717, 1.165) is 5.56 Å². The largest absolute Gasteiger partial charge is 0.481 e. The fourth-order valence-corrected chi connectivity index (χ4v) is 1.23. The Balaban J connectivity index is 2.90. The molecule has 3 N–H and O–H groups in total. The van der Waals surface area contributed by atoms with E-state index in [4.69, 9.17) is 10.8 Å². The maximum absolute atomic E-state index is 13.3. The van der Waals surface area contributed by atoms with E-state index in [0.29, 0.717) is 0 Å². The highest BCUT2D eigenvalue weighted by atomic mass is 19.1. The summed E-state index contributed by atoms with van der Waals surface area (Å²) in [6, 6.07) is 3.79. The predicted octanol–water partition coefficient (Wildman–Crippen LogP) is 1.61. The summed E-state index contributed by atoms with van der Waals surface area (Å²) in [5, 5.41) is 8.49. The van der Waals surface area contributed by atoms with Crippen LogP contribution in [0.3, 0.4) is 0 Å². The van der Waals surface area contributed by atoms with E-state index >= 15 is 0 Å². The summed E-state index contributed by atoms with van der Waals surface area (Å²) in [6.45, 7) is 1.76. The second-order valence-electron chi connectivity index (χ2n) is 3.23. The standard InChI is InChI=1S/C10H12FNO2/c1-6-2-3-7(8(11)4-6)9(12)5-10(13)14/h2-4,9H,5,12H2,1H3,(H,13,14)/t9-/m1/s1. The summed E-state index contributed by atoms with van der Waals surface area (Å²) < 4.78 is 13.3. The van der Waals surface area contributed by atoms with E-state index in [1.165, 1.54) is 12.1 Å². The average molecular weight is 197 g/mol. The molecule has 0 amide bonds. The van der Waals surface area contributed by atoms with Crippen LogP contribution in [0.2, 0.25) is 0 Å². The first kappa shape index (κ1) is 10.7. The van der Waals surface area contributed by atoms with Crippen molar-refractivity contribution < 1.29 is 14.3 Å². The SMILES string of the molecule is Cc1ccc([C@H](N)CC(=O)O)c(F)c1. The zero-order valence-corrected chi connectivity index (χ0v) is 7.83. The predicted molar refractivity (Wildman–Crippen MR) is 50.3 cm³/mol. The van der Waals surface area contributed by atoms with Crippen LogP contribution in [0.4, 0.5) is 4.39 Å². The first-order valence-corrected chi connectivity index (χ1v) is 4.24. The van der Waals surface area contributed by atoms with Crippen LogP contribution in [-0.2, 0) is 4.79 Å². The van der Waals surface area contributed by atoms with Crippen molar-refractivity contribution >= 4 is 5.97 Å². The molecule has 1 aromatic rings. The van der Waals surface area contributed by atoms with E-state index in [1.54, 1.807) is 13.0 Å². The lowest BCUT2D eigenvalue weighted by Gasteiger charge is -2.10. The van der Waals surface area contributed by atoms with Crippen molar-refractivity contribution in [1.82, 2.24) is 0 Å². The molecule has 4 heteroatoms. The highest BCUT2D eigenvalue weighted by Crippen LogP contribution is 2.18. The third kappa shape index (κ3) is 2.53. The minimum absolute atomic E-state index is 0.248. The van der Waals surface area contributed by atoms with Gasteiger partial charge in [-0.3, -0.25) is 4.79 Å². The van der Waals surface area contributed by atoms with Gasteiger partial charge in [-0.25, -0.2) is 4.39 Å². The Hall–Kier alpha value is -1.42. The molecule has 1 atom stereocenters. The summed E-state index contributed by atoms with van der Waals surface area (Å²) >= 11 is 0. The molecule has 1 aromatic carbocycles. The van der Waals surface area contributed by atoms with Crippen LogP contribution in [0.15, 0.2) is 18.2 Å². The molecule has 0 unspecified atom stereocenters. The fourth-order valence-electron chi connectivity index (χ4n) is 1.23. The number of halogens is 1. The summed E-state index contributed by atoms with van der Waals surface area (Å²) in [7, 11) is 0. The molecule has 14 heavy (non-hydrogen) atoms. The van der Waals surface area contributed by atoms with Crippen molar-refractivity contribution in [2.75, 3.05) is 0 Å². The maximum atomic E-state index is 13.3. The zero-order chi connectivity index (χ0) is 10.7. The molecule has 0 saturated heterocycles. The Morgan fingerprint density at radius 3 is 2.79 bits per heavy atom. The molecule has 0 radical (unpaired) electrons. The third-order valence-electron chi connectivity index (χ3n) is 1.95. The van der Waals surface area contributed by atoms with Crippen molar-refractivity contribution in [2.24, 2.45) is 5.73 Å². The van der Waals surface area contributed by atoms with Gasteiger partial charge in [-0.05, 0) is 18.6 Å². The van der Waals surface area contributed by atoms with E-state index in [9.17, 15) is 9.18 Å². The van der Waals surface area contributed by atoms with Crippen LogP contribution < -0.4 is 5.73 Å². The number of carbonyl (C=O) groups is 1. The Labute approximate surface area is 81.4 Å². The van der Waals surface area contributed by atoms with Crippen molar-refractivity contribution in [2.45, 2.75) is 19.4 Å². The van der Waals surface area contributed by atoms with Crippen LogP contribution in [-0.4, -0.2) is 11.1 Å². The molecular weight excluding hydrogens is 185 g/mol. The van der Waals surface area contributed by atoms with Crippen molar-refractivity contribution in [3.8, 4) is 0 Å². The number of aliphatic carboxylic acids is 1. The van der Waals surface area contributed by atoms with Gasteiger partial charge in [-0.2, -0.15) is 0 Å². The number of carboxylic acid groups (broad SMARTS) is 1. The van der Waals surface area contributed by atoms with Crippen LogP contribution in [0, 0.1) is 12.7 Å². The molecule has 0 saturated carbocycles. The Morgan fingerprint density at radius 1 is 1.64 bits per heavy atom. The highest BCUT2D eigenvalue weighted by Gasteiger charge is 2.14. The first-order valence-electron chi connectivity index (χ1n) is 4.24. The Bertz CT molecular complexity index is 352. The summed E-state index contributed by atoms with van der Waals surface area (Å²) in [6.07, 6.45) is -0.264. The maximum Gasteiger partial charge on any atom is 0.305 e. The van der Waals surface area contributed by atoms with Gasteiger partial charge in [0.1, 0.15) is 5.82 Å². The average Bonchev–Trinajstić information content (AvgIpc) is 2.01. The number of carboxylic acids is 1. The van der Waals surface area contributed by atoms with Gasteiger partial charge < -0.3 is 10.8 Å². The monoisotopic (exact) mass is 197 g/mol. The normalized spacial score (nSPS) is 12.5. The van der Waals surface area contributed by atoms with Crippen LogP contribution in [0.5, 0.6) is 0 Å². The van der Waals surface area contributed by atoms with Gasteiger partial charge in [0, 0.05) is 11.6 Å². The highest BCUT2D eigenvalue weighted by molar-refractivity contribution is 5.67. The van der Waals surface area contributed by atoms with Gasteiger partial charge in [0.05, 0.1) is 6.42 Å². The number of rotatable bonds is 3. The molecule has 76 valence electrons. The third-order valence-corrected chi connectivity index (χ3v) is 1.95. The van der Waals surface area contributed by atoms with Crippen LogP contribution >= 0.6 is 0 Å². The quantitative estimate of drug-likeness (QED) is 0.773. The molecular formula is C10H12FNO2. The molecule has 0 fully saturated rings. The van der Waals surface area contributed by atoms with Crippen molar-refractivity contribution in [3.63, 3.8) is 0 Å². The van der Waals surface area contributed by atoms with Crippen molar-refractivity contribution in [1.29, 1.82) is 0 Å². The smallest absolute Gasteiger partial charge is 0.305 e. The second kappa shape index (κ2) is 4.19. The number of benzene rings is 1. The van der Waals surface area contributed by atoms with Gasteiger partial charge >= 0.3 is 5.97 Å². The lowest BCUT2D eigenvalue weighted by atomic mass is 10.0. The minimum atomic E-state index is -1.03. The van der Waals surface area contributed by atoms with Crippen LogP contribution in [0.1, 0.15) is 23.6 Å². The van der Waals surface area contributed by atoms with Gasteiger partial charge in [0.15, 0.2) is 0 Å². The molecule has 0 aliphatic rings. The van der Waals surface area contributed by atoms with E-state index < -0.39 is 17.8 Å². The van der Waals surface area contributed by atoms with Gasteiger partial charge in [0.25, 0.3) is 0 Å². The summed E-state index contributed by atoms with van der Waals surface area (Å²) in [4.78, 5) is 10.4. The molecule has 0 aliphatic carbocycles. The number of hydrogen-bond donors (Lipinski definition) is 2. The van der Waals surface area contributed by atoms with E-state index in [-0.39, 0.29) is 12.0 Å². The number of nitrogens with two attached hydrogens (primary N) is 1. The first-order chi connectivity index (χ1) is 6.50. The second-order valence-corrected chi connectivity index (χ2v) is 3.23. The number of aryl methyl sites for hydroxylation is 1. The molecule has 1 rings (SSSR count). The Kier molecular flexibility index (Phi) is 3.19. The molecule has 0 heterocycles. The molecule has 0 aliphatic heterocycles. The van der Waals surface area contributed by atoms with Gasteiger partial charge in [-0.15, -0.1) is 0 Å². The molecule has 3 nitrogen and oxygen atoms in total. The topological polar surface area (TPSA) is 63.3 Å². The van der Waals surface area contributed by atoms with E-state index in [1.807, 2.05) is 0 Å². The van der Waals surface area contributed by atoms with Gasteiger partial charge in [0.2, 0.25) is 0 Å². The van der Waals surface area contributed by atoms with Crippen molar-refractivity contribution in [3.05, 3.63) is 35.1 Å². The lowest BCUT2D eigenvalue weighted by molar-refractivity contribution is -0.137. The number of hydrogen-bond acceptors (Lipinski definition) is 2. The summed E-state index contributed by atoms with van der Waals surface area (Å²) in [5.41, 5.74) is 6.56. The van der Waals surface area contributed by atoms with Gasteiger partial charge in [-0.1, -0.05) is 12.1 Å². The zero-order valence-electron chi connectivity index (χ0n) is 7.83. The Morgan fingerprint density at radius 2 is 2.29 bits per heavy atom. The lowest BCUT2D eigenvalue weighted by Crippen LogP contribution is -2.16. The summed E-state index contributed by atoms with van der Waals surface area (Å²) in [5.74, 6) is -1.48. The minimum Gasteiger partial charge on any atom is -0.481 e.